The van der Waals surface area contributed by atoms with Gasteiger partial charge in [0.2, 0.25) is 5.91 Å². The summed E-state index contributed by atoms with van der Waals surface area (Å²) in [7, 11) is 0. The second kappa shape index (κ2) is 7.00. The lowest BCUT2D eigenvalue weighted by molar-refractivity contribution is -0.122. The SMILES string of the molecule is CC(C)C(C)CC(=O)NCC1CCCC(O)C1. The molecule has 0 aromatic heterocycles. The van der Waals surface area contributed by atoms with Gasteiger partial charge in [0.05, 0.1) is 6.10 Å². The molecule has 3 nitrogen and oxygen atoms in total. The third-order valence-electron chi connectivity index (χ3n) is 3.99. The van der Waals surface area contributed by atoms with Crippen molar-refractivity contribution in [3.05, 3.63) is 0 Å². The molecule has 1 rings (SSSR count). The molecule has 1 fully saturated rings. The maximum absolute atomic E-state index is 11.7. The van der Waals surface area contributed by atoms with Gasteiger partial charge >= 0.3 is 0 Å². The number of hydrogen-bond acceptors (Lipinski definition) is 2. The van der Waals surface area contributed by atoms with E-state index in [-0.39, 0.29) is 12.0 Å². The summed E-state index contributed by atoms with van der Waals surface area (Å²) < 4.78 is 0. The van der Waals surface area contributed by atoms with Crippen molar-refractivity contribution in [3.8, 4) is 0 Å². The Hall–Kier alpha value is -0.570. The minimum Gasteiger partial charge on any atom is -0.393 e. The highest BCUT2D eigenvalue weighted by Gasteiger charge is 2.21. The smallest absolute Gasteiger partial charge is 0.220 e. The Bertz CT molecular complexity index is 240. The van der Waals surface area contributed by atoms with Crippen LogP contribution in [0.1, 0.15) is 52.9 Å². The Labute approximate surface area is 105 Å². The zero-order valence-electron chi connectivity index (χ0n) is 11.4. The summed E-state index contributed by atoms with van der Waals surface area (Å²) in [4.78, 5) is 11.7. The number of amides is 1. The van der Waals surface area contributed by atoms with Gasteiger partial charge in [0, 0.05) is 13.0 Å². The van der Waals surface area contributed by atoms with Gasteiger partial charge < -0.3 is 10.4 Å². The summed E-state index contributed by atoms with van der Waals surface area (Å²) in [5.74, 6) is 1.62. The maximum Gasteiger partial charge on any atom is 0.220 e. The van der Waals surface area contributed by atoms with Crippen LogP contribution in [0.2, 0.25) is 0 Å². The van der Waals surface area contributed by atoms with Crippen molar-refractivity contribution in [3.63, 3.8) is 0 Å². The van der Waals surface area contributed by atoms with Crippen LogP contribution in [0.25, 0.3) is 0 Å². The number of aliphatic hydroxyl groups excluding tert-OH is 1. The second-order valence-corrected chi connectivity index (χ2v) is 5.92. The fraction of sp³-hybridized carbons (Fsp3) is 0.929. The van der Waals surface area contributed by atoms with Gasteiger partial charge in [0.1, 0.15) is 0 Å². The van der Waals surface area contributed by atoms with E-state index in [4.69, 9.17) is 0 Å². The largest absolute Gasteiger partial charge is 0.393 e. The van der Waals surface area contributed by atoms with Crippen LogP contribution in [0.3, 0.4) is 0 Å². The van der Waals surface area contributed by atoms with Crippen molar-refractivity contribution < 1.29 is 9.90 Å². The molecule has 100 valence electrons. The summed E-state index contributed by atoms with van der Waals surface area (Å²) in [6, 6.07) is 0. The molecular weight excluding hydrogens is 214 g/mol. The van der Waals surface area contributed by atoms with Crippen LogP contribution in [0.15, 0.2) is 0 Å². The lowest BCUT2D eigenvalue weighted by atomic mass is 9.87. The molecule has 3 atom stereocenters. The maximum atomic E-state index is 11.7. The van der Waals surface area contributed by atoms with E-state index in [1.54, 1.807) is 0 Å². The van der Waals surface area contributed by atoms with E-state index in [1.165, 1.54) is 0 Å². The molecule has 0 bridgehead atoms. The molecule has 3 unspecified atom stereocenters. The first-order valence-electron chi connectivity index (χ1n) is 6.93. The molecule has 1 aliphatic rings. The summed E-state index contributed by atoms with van der Waals surface area (Å²) >= 11 is 0. The molecule has 0 aromatic rings. The fourth-order valence-electron chi connectivity index (χ4n) is 2.31. The average Bonchev–Trinajstić information content (AvgIpc) is 2.26. The van der Waals surface area contributed by atoms with E-state index in [9.17, 15) is 9.90 Å². The van der Waals surface area contributed by atoms with E-state index < -0.39 is 0 Å². The van der Waals surface area contributed by atoms with Crippen LogP contribution in [0.5, 0.6) is 0 Å². The van der Waals surface area contributed by atoms with Crippen molar-refractivity contribution in [2.45, 2.75) is 59.0 Å². The Morgan fingerprint density at radius 1 is 1.35 bits per heavy atom. The Morgan fingerprint density at radius 2 is 2.06 bits per heavy atom. The number of carbonyl (C=O) groups is 1. The summed E-state index contributed by atoms with van der Waals surface area (Å²) in [5, 5.41) is 12.6. The van der Waals surface area contributed by atoms with Crippen molar-refractivity contribution in [2.75, 3.05) is 6.54 Å². The number of aliphatic hydroxyl groups is 1. The average molecular weight is 241 g/mol. The highest BCUT2D eigenvalue weighted by molar-refractivity contribution is 5.76. The molecule has 1 saturated carbocycles. The molecule has 2 N–H and O–H groups in total. The Morgan fingerprint density at radius 3 is 2.65 bits per heavy atom. The fourth-order valence-corrected chi connectivity index (χ4v) is 2.31. The topological polar surface area (TPSA) is 49.3 Å². The van der Waals surface area contributed by atoms with Crippen LogP contribution >= 0.6 is 0 Å². The van der Waals surface area contributed by atoms with Crippen LogP contribution in [0.4, 0.5) is 0 Å². The quantitative estimate of drug-likeness (QED) is 0.776. The normalized spacial score (nSPS) is 26.9. The number of hydrogen-bond donors (Lipinski definition) is 2. The zero-order valence-corrected chi connectivity index (χ0v) is 11.4. The minimum absolute atomic E-state index is 0.153. The summed E-state index contributed by atoms with van der Waals surface area (Å²) in [6.07, 6.45) is 4.46. The van der Waals surface area contributed by atoms with E-state index in [1.807, 2.05) is 0 Å². The molecule has 1 aliphatic carbocycles. The van der Waals surface area contributed by atoms with Gasteiger partial charge in [-0.05, 0) is 37.0 Å². The monoisotopic (exact) mass is 241 g/mol. The first-order valence-corrected chi connectivity index (χ1v) is 6.93. The first kappa shape index (κ1) is 14.5. The molecule has 0 saturated heterocycles. The third kappa shape index (κ3) is 5.53. The van der Waals surface area contributed by atoms with Gasteiger partial charge in [-0.25, -0.2) is 0 Å². The van der Waals surface area contributed by atoms with Crippen LogP contribution < -0.4 is 5.32 Å². The highest BCUT2D eigenvalue weighted by Crippen LogP contribution is 2.23. The molecule has 0 heterocycles. The predicted molar refractivity (Wildman–Crippen MR) is 69.6 cm³/mol. The van der Waals surface area contributed by atoms with Crippen LogP contribution in [0, 0.1) is 17.8 Å². The summed E-state index contributed by atoms with van der Waals surface area (Å²) in [5.41, 5.74) is 0. The van der Waals surface area contributed by atoms with Gasteiger partial charge in [-0.15, -0.1) is 0 Å². The summed E-state index contributed by atoms with van der Waals surface area (Å²) in [6.45, 7) is 7.15. The first-order chi connectivity index (χ1) is 7.99. The van der Waals surface area contributed by atoms with E-state index in [0.717, 1.165) is 32.2 Å². The van der Waals surface area contributed by atoms with Crippen molar-refractivity contribution in [1.29, 1.82) is 0 Å². The lowest BCUT2D eigenvalue weighted by Gasteiger charge is -2.26. The Kier molecular flexibility index (Phi) is 5.96. The van der Waals surface area contributed by atoms with E-state index in [0.29, 0.717) is 24.2 Å². The van der Waals surface area contributed by atoms with Gasteiger partial charge in [-0.3, -0.25) is 4.79 Å². The van der Waals surface area contributed by atoms with Crippen LogP contribution in [-0.4, -0.2) is 23.7 Å². The number of carbonyl (C=O) groups excluding carboxylic acids is 1. The second-order valence-electron chi connectivity index (χ2n) is 5.92. The van der Waals surface area contributed by atoms with E-state index >= 15 is 0 Å². The van der Waals surface area contributed by atoms with Gasteiger partial charge in [-0.2, -0.15) is 0 Å². The third-order valence-corrected chi connectivity index (χ3v) is 3.99. The minimum atomic E-state index is -0.153. The predicted octanol–water partition coefficient (Wildman–Crippen LogP) is 2.34. The molecule has 0 radical (unpaired) electrons. The highest BCUT2D eigenvalue weighted by atomic mass is 16.3. The molecule has 3 heteroatoms. The van der Waals surface area contributed by atoms with Crippen molar-refractivity contribution in [1.82, 2.24) is 5.32 Å². The van der Waals surface area contributed by atoms with Gasteiger partial charge in [0.25, 0.3) is 0 Å². The molecular formula is C14H27NO2. The van der Waals surface area contributed by atoms with Crippen molar-refractivity contribution in [2.24, 2.45) is 17.8 Å². The Balaban J connectivity index is 2.19. The standard InChI is InChI=1S/C14H27NO2/c1-10(2)11(3)7-14(17)15-9-12-5-4-6-13(16)8-12/h10-13,16H,4-9H2,1-3H3,(H,15,17). The molecule has 0 aromatic carbocycles. The molecule has 0 spiro atoms. The van der Waals surface area contributed by atoms with E-state index in [2.05, 4.69) is 26.1 Å². The molecule has 0 aliphatic heterocycles. The molecule has 1 amide bonds. The number of rotatable bonds is 5. The van der Waals surface area contributed by atoms with Gasteiger partial charge in [0.15, 0.2) is 0 Å². The molecule has 17 heavy (non-hydrogen) atoms. The zero-order chi connectivity index (χ0) is 12.8. The van der Waals surface area contributed by atoms with Crippen LogP contribution in [-0.2, 0) is 4.79 Å². The lowest BCUT2D eigenvalue weighted by Crippen LogP contribution is -2.34. The van der Waals surface area contributed by atoms with Crippen molar-refractivity contribution >= 4 is 5.91 Å². The number of nitrogens with one attached hydrogen (secondary N) is 1. The van der Waals surface area contributed by atoms with Gasteiger partial charge in [-0.1, -0.05) is 27.2 Å².